The van der Waals surface area contributed by atoms with Gasteiger partial charge in [0.15, 0.2) is 6.23 Å². The van der Waals surface area contributed by atoms with Crippen molar-refractivity contribution in [1.29, 1.82) is 0 Å². The van der Waals surface area contributed by atoms with Gasteiger partial charge in [0.1, 0.15) is 30.2 Å². The highest BCUT2D eigenvalue weighted by Crippen LogP contribution is 2.66. The van der Waals surface area contributed by atoms with E-state index in [1.54, 1.807) is 0 Å². The maximum atomic E-state index is 12.1. The van der Waals surface area contributed by atoms with Crippen molar-refractivity contribution in [3.05, 3.63) is 12.0 Å². The number of urea groups is 1. The number of phosphoric ester groups is 1. The largest absolute Gasteiger partial charge is 0.496 e. The van der Waals surface area contributed by atoms with Crippen molar-refractivity contribution in [3.8, 4) is 0 Å². The molecule has 7 atom stereocenters. The number of ether oxygens (including phenoxy) is 2. The molecule has 0 spiro atoms. The van der Waals surface area contributed by atoms with Crippen molar-refractivity contribution in [2.24, 2.45) is 5.73 Å². The zero-order chi connectivity index (χ0) is 23.8. The molecule has 1 fully saturated rings. The van der Waals surface area contributed by atoms with Crippen LogP contribution in [-0.4, -0.2) is 85.1 Å². The van der Waals surface area contributed by atoms with Crippen molar-refractivity contribution in [3.63, 3.8) is 0 Å². The van der Waals surface area contributed by atoms with Gasteiger partial charge in [0.05, 0.1) is 19.9 Å². The van der Waals surface area contributed by atoms with Crippen LogP contribution in [0.3, 0.4) is 0 Å². The average Bonchev–Trinajstić information content (AvgIpc) is 2.85. The summed E-state index contributed by atoms with van der Waals surface area (Å²) in [5, 5.41) is 22.5. The van der Waals surface area contributed by atoms with Crippen molar-refractivity contribution < 1.29 is 70.9 Å². The van der Waals surface area contributed by atoms with Crippen LogP contribution in [0.1, 0.15) is 0 Å². The molecule has 2 amide bonds. The van der Waals surface area contributed by atoms with E-state index in [1.807, 2.05) is 0 Å². The molecule has 0 bridgehead atoms. The molecule has 9 N–H and O–H groups in total. The highest BCUT2D eigenvalue weighted by Gasteiger charge is 2.49. The number of aliphatic hydroxyl groups is 2. The lowest BCUT2D eigenvalue weighted by Gasteiger charge is -2.33. The molecule has 0 saturated carbocycles. The summed E-state index contributed by atoms with van der Waals surface area (Å²) >= 11 is 0. The number of methoxy groups -OCH3 is 1. The Kier molecular flexibility index (Phi) is 8.07. The van der Waals surface area contributed by atoms with Crippen molar-refractivity contribution in [2.75, 3.05) is 13.7 Å². The Morgan fingerprint density at radius 2 is 1.74 bits per heavy atom. The van der Waals surface area contributed by atoms with Crippen LogP contribution < -0.4 is 11.1 Å². The van der Waals surface area contributed by atoms with Gasteiger partial charge >= 0.3 is 29.5 Å². The minimum absolute atomic E-state index is 0.0709. The molecular formula is C10H20N3O15P3. The van der Waals surface area contributed by atoms with E-state index in [4.69, 9.17) is 29.9 Å². The molecule has 2 aliphatic heterocycles. The number of amides is 2. The third-order valence-electron chi connectivity index (χ3n) is 3.75. The van der Waals surface area contributed by atoms with Gasteiger partial charge in [0, 0.05) is 0 Å². The lowest BCUT2D eigenvalue weighted by molar-refractivity contribution is -0.0672. The first-order chi connectivity index (χ1) is 14.1. The van der Waals surface area contributed by atoms with E-state index >= 15 is 0 Å². The van der Waals surface area contributed by atoms with Gasteiger partial charge in [-0.2, -0.15) is 8.62 Å². The third-order valence-corrected chi connectivity index (χ3v) is 7.55. The van der Waals surface area contributed by atoms with Crippen LogP contribution >= 0.6 is 23.5 Å². The summed E-state index contributed by atoms with van der Waals surface area (Å²) in [6.07, 6.45) is -6.51. The number of aliphatic hydroxyl groups excluding tert-OH is 2. The molecule has 31 heavy (non-hydrogen) atoms. The fraction of sp³-hybridized carbons (Fsp3) is 0.700. The summed E-state index contributed by atoms with van der Waals surface area (Å²) in [6.45, 7) is -1.03. The third kappa shape index (κ3) is 7.02. The summed E-state index contributed by atoms with van der Waals surface area (Å²) in [5.74, 6) is 0.0709. The minimum atomic E-state index is -5.73. The summed E-state index contributed by atoms with van der Waals surface area (Å²) in [5.41, 5.74) is 5.61. The minimum Gasteiger partial charge on any atom is -0.496 e. The van der Waals surface area contributed by atoms with Gasteiger partial charge in [-0.15, -0.1) is 0 Å². The normalized spacial score (nSPS) is 33.3. The lowest BCUT2D eigenvalue weighted by atomic mass is 10.1. The number of hydrogen-bond donors (Lipinski definition) is 8. The maximum absolute atomic E-state index is 12.1. The van der Waals surface area contributed by atoms with E-state index in [1.165, 1.54) is 7.11 Å². The number of nitrogens with zero attached hydrogens (tertiary/aromatic N) is 1. The highest BCUT2D eigenvalue weighted by atomic mass is 31.3. The number of rotatable bonds is 9. The molecule has 2 rings (SSSR count). The summed E-state index contributed by atoms with van der Waals surface area (Å²) < 4.78 is 55.3. The molecule has 2 aliphatic rings. The fourth-order valence-corrected chi connectivity index (χ4v) is 5.52. The number of carbonyl (C=O) groups excluding carboxylic acids is 1. The molecule has 0 aromatic rings. The van der Waals surface area contributed by atoms with E-state index in [9.17, 15) is 33.6 Å². The molecule has 18 nitrogen and oxygen atoms in total. The topological polar surface area (TPSA) is 277 Å². The zero-order valence-electron chi connectivity index (χ0n) is 15.4. The smallest absolute Gasteiger partial charge is 0.490 e. The second kappa shape index (κ2) is 9.51. The molecule has 1 saturated heterocycles. The van der Waals surface area contributed by atoms with Crippen molar-refractivity contribution in [1.82, 2.24) is 10.2 Å². The molecule has 0 aliphatic carbocycles. The Balaban J connectivity index is 2.05. The van der Waals surface area contributed by atoms with E-state index in [2.05, 4.69) is 18.5 Å². The van der Waals surface area contributed by atoms with E-state index in [0.29, 0.717) is 0 Å². The standard InChI is InChI=1S/C10H20N3O15P3/c1-24-4-2-13(10(16)12-8(4)11)9-7(15)6(14)5(26-9)3-25-30(20,21)28-31(22,23)27-29(17,18)19/h2,5-9,14-15H,3,11H2,1H3,(H,12,16)(H,20,21)(H,22,23)(H2,17,18,19)/t5-,6?,7+,8?,9-/m1/s1. The predicted molar refractivity (Wildman–Crippen MR) is 93.9 cm³/mol. The van der Waals surface area contributed by atoms with Crippen LogP contribution in [0.4, 0.5) is 4.79 Å². The Morgan fingerprint density at radius 3 is 2.29 bits per heavy atom. The molecular weight excluding hydrogens is 495 g/mol. The molecule has 2 heterocycles. The summed E-state index contributed by atoms with van der Waals surface area (Å²) in [7, 11) is -15.5. The van der Waals surface area contributed by atoms with Gasteiger partial charge in [-0.05, 0) is 0 Å². The summed E-state index contributed by atoms with van der Waals surface area (Å²) in [6, 6.07) is -0.835. The Labute approximate surface area is 173 Å². The van der Waals surface area contributed by atoms with Gasteiger partial charge < -0.3 is 50.3 Å². The quantitative estimate of drug-likeness (QED) is 0.148. The van der Waals surface area contributed by atoms with Gasteiger partial charge in [-0.25, -0.2) is 18.5 Å². The SMILES string of the molecule is COC1=CN([C@@H]2O[C@H](COP(=O)(O)OP(=O)(O)OP(=O)(O)O)C(O)[C@@H]2O)C(=O)NC1N. The van der Waals surface area contributed by atoms with Crippen molar-refractivity contribution >= 4 is 29.5 Å². The van der Waals surface area contributed by atoms with Crippen LogP contribution in [0.2, 0.25) is 0 Å². The second-order valence-electron chi connectivity index (χ2n) is 6.00. The number of phosphoric acid groups is 3. The monoisotopic (exact) mass is 515 g/mol. The number of carbonyl (C=O) groups is 1. The van der Waals surface area contributed by atoms with Crippen LogP contribution in [0.15, 0.2) is 12.0 Å². The van der Waals surface area contributed by atoms with Crippen molar-refractivity contribution in [2.45, 2.75) is 30.7 Å². The fourth-order valence-electron chi connectivity index (χ4n) is 2.49. The van der Waals surface area contributed by atoms with E-state index in [-0.39, 0.29) is 5.76 Å². The first-order valence-electron chi connectivity index (χ1n) is 7.95. The number of hydrogen-bond acceptors (Lipinski definition) is 12. The first-order valence-corrected chi connectivity index (χ1v) is 12.5. The molecule has 180 valence electrons. The van der Waals surface area contributed by atoms with Gasteiger partial charge in [-0.3, -0.25) is 9.42 Å². The molecule has 21 heteroatoms. The predicted octanol–water partition coefficient (Wildman–Crippen LogP) is -2.43. The number of nitrogens with two attached hydrogens (primary N) is 1. The van der Waals surface area contributed by atoms with Crippen LogP contribution in [0.25, 0.3) is 0 Å². The molecule has 0 aromatic carbocycles. The second-order valence-corrected chi connectivity index (χ2v) is 10.4. The van der Waals surface area contributed by atoms with E-state index < -0.39 is 66.8 Å². The van der Waals surface area contributed by atoms with Crippen LogP contribution in [-0.2, 0) is 36.3 Å². The Bertz CT molecular complexity index is 861. The molecule has 0 radical (unpaired) electrons. The number of nitrogens with one attached hydrogen (secondary N) is 1. The summed E-state index contributed by atoms with van der Waals surface area (Å²) in [4.78, 5) is 48.4. The lowest BCUT2D eigenvalue weighted by Crippen LogP contribution is -2.57. The Morgan fingerprint density at radius 1 is 1.13 bits per heavy atom. The Hall–Kier alpha value is -0.940. The van der Waals surface area contributed by atoms with Gasteiger partial charge in [-0.1, -0.05) is 0 Å². The average molecular weight is 515 g/mol. The van der Waals surface area contributed by atoms with Crippen LogP contribution in [0.5, 0.6) is 0 Å². The molecule has 4 unspecified atom stereocenters. The molecule has 0 aromatic heterocycles. The van der Waals surface area contributed by atoms with Crippen LogP contribution in [0, 0.1) is 0 Å². The van der Waals surface area contributed by atoms with Gasteiger partial charge in [0.25, 0.3) is 0 Å². The van der Waals surface area contributed by atoms with E-state index in [0.717, 1.165) is 11.1 Å². The zero-order valence-corrected chi connectivity index (χ0v) is 18.1. The first kappa shape index (κ1) is 26.3. The maximum Gasteiger partial charge on any atom is 0.490 e. The highest BCUT2D eigenvalue weighted by molar-refractivity contribution is 7.66. The van der Waals surface area contributed by atoms with Gasteiger partial charge in [0.2, 0.25) is 0 Å².